The minimum Gasteiger partial charge on any atom is -0.390 e. The van der Waals surface area contributed by atoms with Crippen LogP contribution in [-0.2, 0) is 9.84 Å². The summed E-state index contributed by atoms with van der Waals surface area (Å²) in [6, 6.07) is -0.179. The third-order valence-electron chi connectivity index (χ3n) is 2.91. The van der Waals surface area contributed by atoms with Crippen LogP contribution in [0.25, 0.3) is 0 Å². The summed E-state index contributed by atoms with van der Waals surface area (Å²) in [6.07, 6.45) is -0.696. The maximum atomic E-state index is 11.3. The molecule has 5 nitrogen and oxygen atoms in total. The standard InChI is InChI=1S/C8H16N2O3S/c11-8-6-14(12,13)5-7(8)10-3-1-9-2-4-10/h7-9,11H,1-6H2/t7-,8+/m1/s1. The smallest absolute Gasteiger partial charge is 0.154 e. The van der Waals surface area contributed by atoms with Gasteiger partial charge in [-0.25, -0.2) is 8.42 Å². The van der Waals surface area contributed by atoms with Crippen molar-refractivity contribution in [2.75, 3.05) is 37.7 Å². The summed E-state index contributed by atoms with van der Waals surface area (Å²) in [6.45, 7) is 3.42. The Hall–Kier alpha value is -0.170. The average Bonchev–Trinajstić information content (AvgIpc) is 2.41. The van der Waals surface area contributed by atoms with Gasteiger partial charge in [-0.1, -0.05) is 0 Å². The molecule has 6 heteroatoms. The van der Waals surface area contributed by atoms with Gasteiger partial charge < -0.3 is 10.4 Å². The van der Waals surface area contributed by atoms with Gasteiger partial charge in [-0.05, 0) is 0 Å². The Labute approximate surface area is 84.0 Å². The molecule has 0 aliphatic carbocycles. The van der Waals surface area contributed by atoms with Gasteiger partial charge in [0, 0.05) is 26.2 Å². The van der Waals surface area contributed by atoms with Crippen LogP contribution in [-0.4, -0.2) is 68.3 Å². The van der Waals surface area contributed by atoms with Gasteiger partial charge in [0.05, 0.1) is 23.7 Å². The molecule has 0 aromatic heterocycles. The number of aliphatic hydroxyl groups is 1. The first-order valence-electron chi connectivity index (χ1n) is 4.92. The molecule has 0 spiro atoms. The molecule has 14 heavy (non-hydrogen) atoms. The predicted octanol–water partition coefficient (Wildman–Crippen LogP) is -1.95. The van der Waals surface area contributed by atoms with E-state index in [1.54, 1.807) is 0 Å². The van der Waals surface area contributed by atoms with Gasteiger partial charge in [-0.2, -0.15) is 0 Å². The van der Waals surface area contributed by atoms with Gasteiger partial charge in [-0.15, -0.1) is 0 Å². The molecule has 2 heterocycles. The number of rotatable bonds is 1. The third kappa shape index (κ3) is 2.08. The maximum Gasteiger partial charge on any atom is 0.154 e. The molecule has 0 unspecified atom stereocenters. The zero-order valence-electron chi connectivity index (χ0n) is 8.02. The minimum absolute atomic E-state index is 0.0679. The van der Waals surface area contributed by atoms with Crippen LogP contribution in [0.2, 0.25) is 0 Å². The summed E-state index contributed by atoms with van der Waals surface area (Å²) in [5.41, 5.74) is 0. The lowest BCUT2D eigenvalue weighted by atomic mass is 10.1. The van der Waals surface area contributed by atoms with Crippen molar-refractivity contribution >= 4 is 9.84 Å². The van der Waals surface area contributed by atoms with E-state index in [0.717, 1.165) is 26.2 Å². The molecule has 0 aromatic carbocycles. The molecule has 2 aliphatic heterocycles. The molecule has 2 aliphatic rings. The Morgan fingerprint density at radius 3 is 2.36 bits per heavy atom. The highest BCUT2D eigenvalue weighted by molar-refractivity contribution is 7.91. The van der Waals surface area contributed by atoms with Crippen molar-refractivity contribution in [3.63, 3.8) is 0 Å². The number of hydrogen-bond acceptors (Lipinski definition) is 5. The Morgan fingerprint density at radius 1 is 1.21 bits per heavy atom. The zero-order chi connectivity index (χ0) is 10.2. The van der Waals surface area contributed by atoms with Gasteiger partial charge in [0.25, 0.3) is 0 Å². The third-order valence-corrected chi connectivity index (χ3v) is 4.61. The second-order valence-corrected chi connectivity index (χ2v) is 6.15. The number of sulfone groups is 1. The molecular weight excluding hydrogens is 204 g/mol. The van der Waals surface area contributed by atoms with Gasteiger partial charge in [0.1, 0.15) is 0 Å². The lowest BCUT2D eigenvalue weighted by molar-refractivity contribution is 0.0751. The number of aliphatic hydroxyl groups excluding tert-OH is 1. The van der Waals surface area contributed by atoms with Gasteiger partial charge in [0.2, 0.25) is 0 Å². The van der Waals surface area contributed by atoms with E-state index in [1.807, 2.05) is 0 Å². The Kier molecular flexibility index (Phi) is 2.79. The van der Waals surface area contributed by atoms with E-state index in [2.05, 4.69) is 10.2 Å². The molecule has 0 aromatic rings. The van der Waals surface area contributed by atoms with E-state index < -0.39 is 15.9 Å². The van der Waals surface area contributed by atoms with Crippen LogP contribution in [0.3, 0.4) is 0 Å². The number of hydrogen-bond donors (Lipinski definition) is 2. The minimum atomic E-state index is -3.01. The summed E-state index contributed by atoms with van der Waals surface area (Å²) in [5.74, 6) is 0.0514. The maximum absolute atomic E-state index is 11.3. The summed E-state index contributed by atoms with van der Waals surface area (Å²) in [7, 11) is -3.01. The van der Waals surface area contributed by atoms with Gasteiger partial charge >= 0.3 is 0 Å². The summed E-state index contributed by atoms with van der Waals surface area (Å²) >= 11 is 0. The van der Waals surface area contributed by atoms with Crippen LogP contribution in [0.1, 0.15) is 0 Å². The van der Waals surface area contributed by atoms with Crippen molar-refractivity contribution < 1.29 is 13.5 Å². The van der Waals surface area contributed by atoms with Crippen LogP contribution in [0.4, 0.5) is 0 Å². The Morgan fingerprint density at radius 2 is 1.86 bits per heavy atom. The van der Waals surface area contributed by atoms with Crippen LogP contribution in [0.5, 0.6) is 0 Å². The SMILES string of the molecule is O=S1(=O)C[C@@H](N2CCNCC2)[C@@H](O)C1. The average molecular weight is 220 g/mol. The fourth-order valence-corrected chi connectivity index (χ4v) is 4.00. The van der Waals surface area contributed by atoms with Crippen LogP contribution in [0, 0.1) is 0 Å². The number of piperazine rings is 1. The topological polar surface area (TPSA) is 69.6 Å². The van der Waals surface area contributed by atoms with Crippen LogP contribution in [0.15, 0.2) is 0 Å². The van der Waals surface area contributed by atoms with Crippen molar-refractivity contribution in [1.29, 1.82) is 0 Å². The summed E-state index contributed by atoms with van der Waals surface area (Å²) in [4.78, 5) is 2.08. The summed E-state index contributed by atoms with van der Waals surface area (Å²) < 4.78 is 22.6. The first-order chi connectivity index (χ1) is 6.58. The normalized spacial score (nSPS) is 38.6. The second kappa shape index (κ2) is 3.77. The molecule has 2 saturated heterocycles. The first-order valence-corrected chi connectivity index (χ1v) is 6.74. The highest BCUT2D eigenvalue weighted by Crippen LogP contribution is 2.18. The zero-order valence-corrected chi connectivity index (χ0v) is 8.83. The lowest BCUT2D eigenvalue weighted by Crippen LogP contribution is -2.52. The molecule has 82 valence electrons. The first kappa shape index (κ1) is 10.4. The number of nitrogens with zero attached hydrogens (tertiary/aromatic N) is 1. The highest BCUT2D eigenvalue weighted by Gasteiger charge is 2.39. The largest absolute Gasteiger partial charge is 0.390 e. The van der Waals surface area contributed by atoms with Crippen molar-refractivity contribution in [3.05, 3.63) is 0 Å². The second-order valence-electron chi connectivity index (χ2n) is 4.00. The van der Waals surface area contributed by atoms with Crippen molar-refractivity contribution in [3.8, 4) is 0 Å². The molecular formula is C8H16N2O3S. The van der Waals surface area contributed by atoms with Gasteiger partial charge in [-0.3, -0.25) is 4.90 Å². The van der Waals surface area contributed by atoms with E-state index in [1.165, 1.54) is 0 Å². The van der Waals surface area contributed by atoms with Gasteiger partial charge in [0.15, 0.2) is 9.84 Å². The summed E-state index contributed by atoms with van der Waals surface area (Å²) in [5, 5.41) is 12.8. The van der Waals surface area contributed by atoms with Crippen LogP contribution < -0.4 is 5.32 Å². The van der Waals surface area contributed by atoms with E-state index >= 15 is 0 Å². The molecule has 2 N–H and O–H groups in total. The molecule has 2 rings (SSSR count). The van der Waals surface area contributed by atoms with E-state index in [4.69, 9.17) is 0 Å². The fraction of sp³-hybridized carbons (Fsp3) is 1.00. The van der Waals surface area contributed by atoms with Crippen LogP contribution >= 0.6 is 0 Å². The van der Waals surface area contributed by atoms with Crippen molar-refractivity contribution in [2.24, 2.45) is 0 Å². The Balaban J connectivity index is 2.04. The monoisotopic (exact) mass is 220 g/mol. The quantitative estimate of drug-likeness (QED) is 0.537. The lowest BCUT2D eigenvalue weighted by Gasteiger charge is -2.33. The Bertz CT molecular complexity index is 298. The highest BCUT2D eigenvalue weighted by atomic mass is 32.2. The van der Waals surface area contributed by atoms with Crippen molar-refractivity contribution in [2.45, 2.75) is 12.1 Å². The van der Waals surface area contributed by atoms with E-state index in [0.29, 0.717) is 0 Å². The predicted molar refractivity (Wildman–Crippen MR) is 52.9 cm³/mol. The van der Waals surface area contributed by atoms with Crippen molar-refractivity contribution in [1.82, 2.24) is 10.2 Å². The van der Waals surface area contributed by atoms with E-state index in [-0.39, 0.29) is 17.5 Å². The molecule has 2 fully saturated rings. The molecule has 2 atom stereocenters. The fourth-order valence-electron chi connectivity index (χ4n) is 2.17. The van der Waals surface area contributed by atoms with E-state index in [9.17, 15) is 13.5 Å². The molecule has 0 bridgehead atoms. The molecule has 0 radical (unpaired) electrons. The molecule has 0 amide bonds. The molecule has 0 saturated carbocycles. The number of nitrogens with one attached hydrogen (secondary N) is 1.